The van der Waals surface area contributed by atoms with E-state index in [1.165, 1.54) is 16.7 Å². The average molecular weight is 349 g/mol. The van der Waals surface area contributed by atoms with E-state index in [0.717, 1.165) is 12.0 Å². The molecule has 2 rings (SSSR count). The van der Waals surface area contributed by atoms with Crippen LogP contribution in [0, 0.1) is 0 Å². The summed E-state index contributed by atoms with van der Waals surface area (Å²) < 4.78 is 0. The van der Waals surface area contributed by atoms with Crippen LogP contribution in [0.15, 0.2) is 54.6 Å². The minimum atomic E-state index is 0.153. The first-order valence-electron chi connectivity index (χ1n) is 9.46. The van der Waals surface area contributed by atoms with E-state index in [0.29, 0.717) is 6.42 Å². The van der Waals surface area contributed by atoms with Crippen molar-refractivity contribution in [3.8, 4) is 0 Å². The van der Waals surface area contributed by atoms with Crippen LogP contribution in [0.4, 0.5) is 0 Å². The molecule has 0 unspecified atom stereocenters. The maximum atomic E-state index is 12.2. The number of rotatable bonds is 5. The Hall–Kier alpha value is -2.15. The zero-order chi connectivity index (χ0) is 19.4. The molecule has 0 aliphatic heterocycles. The second-order valence-corrected chi connectivity index (χ2v) is 9.12. The molecule has 0 aliphatic carbocycles. The van der Waals surface area contributed by atoms with Crippen molar-refractivity contribution in [2.24, 2.45) is 0 Å². The lowest BCUT2D eigenvalue weighted by atomic mass is 9.86. The highest BCUT2D eigenvalue weighted by Gasteiger charge is 2.13. The number of carbonyl (C=O) groups is 1. The van der Waals surface area contributed by atoms with Gasteiger partial charge in [0, 0.05) is 6.42 Å². The Kier molecular flexibility index (Phi) is 6.23. The third-order valence-electron chi connectivity index (χ3n) is 4.72. The highest BCUT2D eigenvalue weighted by Crippen LogP contribution is 2.23. The molecule has 0 fully saturated rings. The van der Waals surface area contributed by atoms with Crippen LogP contribution in [-0.2, 0) is 22.0 Å². The Labute approximate surface area is 159 Å². The largest absolute Gasteiger partial charge is 0.295 e. The Morgan fingerprint density at radius 2 is 1.23 bits per heavy atom. The van der Waals surface area contributed by atoms with E-state index in [9.17, 15) is 4.79 Å². The number of allylic oxidation sites excluding steroid dienone is 1. The summed E-state index contributed by atoms with van der Waals surface area (Å²) in [6.07, 6.45) is 4.95. The lowest BCUT2D eigenvalue weighted by molar-refractivity contribution is -0.114. The summed E-state index contributed by atoms with van der Waals surface area (Å²) in [6.45, 7) is 13.2. The van der Waals surface area contributed by atoms with E-state index in [1.807, 2.05) is 6.08 Å². The molecule has 2 aromatic rings. The molecule has 0 spiro atoms. The smallest absolute Gasteiger partial charge is 0.156 e. The number of aryl methyl sites for hydroxylation is 1. The quantitative estimate of drug-likeness (QED) is 0.564. The molecule has 26 heavy (non-hydrogen) atoms. The predicted octanol–water partition coefficient (Wildman–Crippen LogP) is 6.50. The van der Waals surface area contributed by atoms with Gasteiger partial charge in [0.2, 0.25) is 0 Å². The molecule has 1 heteroatoms. The van der Waals surface area contributed by atoms with Crippen molar-refractivity contribution in [3.05, 3.63) is 76.9 Å². The maximum Gasteiger partial charge on any atom is 0.156 e. The number of ketones is 1. The molecule has 0 heterocycles. The first kappa shape index (κ1) is 20.2. The van der Waals surface area contributed by atoms with Gasteiger partial charge in [-0.15, -0.1) is 0 Å². The van der Waals surface area contributed by atoms with Crippen LogP contribution in [0.1, 0.15) is 70.2 Å². The van der Waals surface area contributed by atoms with Crippen molar-refractivity contribution in [2.75, 3.05) is 0 Å². The van der Waals surface area contributed by atoms with Gasteiger partial charge in [0.25, 0.3) is 0 Å². The summed E-state index contributed by atoms with van der Waals surface area (Å²) in [6, 6.07) is 17.1. The van der Waals surface area contributed by atoms with E-state index in [1.54, 1.807) is 6.08 Å². The molecule has 0 amide bonds. The maximum absolute atomic E-state index is 12.2. The van der Waals surface area contributed by atoms with Crippen LogP contribution in [-0.4, -0.2) is 5.78 Å². The van der Waals surface area contributed by atoms with E-state index < -0.39 is 0 Å². The third-order valence-corrected chi connectivity index (χ3v) is 4.72. The van der Waals surface area contributed by atoms with Crippen LogP contribution in [0.2, 0.25) is 0 Å². The first-order valence-corrected chi connectivity index (χ1v) is 9.46. The summed E-state index contributed by atoms with van der Waals surface area (Å²) >= 11 is 0. The van der Waals surface area contributed by atoms with E-state index in [-0.39, 0.29) is 16.6 Å². The molecule has 1 nitrogen and oxygen atoms in total. The second-order valence-electron chi connectivity index (χ2n) is 9.12. The van der Waals surface area contributed by atoms with Gasteiger partial charge in [-0.05, 0) is 45.6 Å². The lowest BCUT2D eigenvalue weighted by Crippen LogP contribution is -2.10. The number of hydrogen-bond donors (Lipinski definition) is 0. The van der Waals surface area contributed by atoms with E-state index in [4.69, 9.17) is 0 Å². The summed E-state index contributed by atoms with van der Waals surface area (Å²) in [4.78, 5) is 12.2. The topological polar surface area (TPSA) is 17.1 Å². The van der Waals surface area contributed by atoms with Crippen molar-refractivity contribution in [3.63, 3.8) is 0 Å². The Bertz CT molecular complexity index is 748. The molecule has 138 valence electrons. The van der Waals surface area contributed by atoms with Gasteiger partial charge in [-0.25, -0.2) is 0 Å². The van der Waals surface area contributed by atoms with Crippen molar-refractivity contribution >= 4 is 11.9 Å². The summed E-state index contributed by atoms with van der Waals surface area (Å²) in [5, 5.41) is 0. The first-order chi connectivity index (χ1) is 12.1. The van der Waals surface area contributed by atoms with Gasteiger partial charge in [-0.2, -0.15) is 0 Å². The summed E-state index contributed by atoms with van der Waals surface area (Å²) in [5.41, 5.74) is 5.24. The zero-order valence-corrected chi connectivity index (χ0v) is 17.1. The van der Waals surface area contributed by atoms with Crippen LogP contribution >= 0.6 is 0 Å². The van der Waals surface area contributed by atoms with Crippen LogP contribution in [0.3, 0.4) is 0 Å². The van der Waals surface area contributed by atoms with Crippen molar-refractivity contribution in [1.82, 2.24) is 0 Å². The number of benzene rings is 2. The van der Waals surface area contributed by atoms with Gasteiger partial charge < -0.3 is 0 Å². The Morgan fingerprint density at radius 1 is 0.769 bits per heavy atom. The molecule has 0 aromatic heterocycles. The lowest BCUT2D eigenvalue weighted by Gasteiger charge is -2.19. The molecule has 0 aliphatic rings. The van der Waals surface area contributed by atoms with Gasteiger partial charge in [-0.1, -0.05) is 96.1 Å². The molecule has 0 atom stereocenters. The van der Waals surface area contributed by atoms with Crippen molar-refractivity contribution in [2.45, 2.75) is 65.2 Å². The molecule has 0 bridgehead atoms. The normalized spacial score (nSPS) is 12.5. The summed E-state index contributed by atoms with van der Waals surface area (Å²) in [5.74, 6) is 0.171. The minimum Gasteiger partial charge on any atom is -0.295 e. The average Bonchev–Trinajstić information content (AvgIpc) is 2.57. The molecule has 0 saturated heterocycles. The SMILES string of the molecule is CC(C)(C)c1ccc(/C=C/C(=O)CCc2ccc(C(C)(C)C)cc2)cc1. The second kappa shape index (κ2) is 8.03. The third kappa shape index (κ3) is 5.98. The standard InChI is InChI=1S/C25H32O/c1-24(2,3)21-13-7-19(8-14-21)11-17-23(26)18-12-20-9-15-22(16-10-20)25(4,5)6/h7-11,13-17H,12,18H2,1-6H3/b17-11+. The molecule has 0 saturated carbocycles. The molecule has 0 N–H and O–H groups in total. The van der Waals surface area contributed by atoms with Gasteiger partial charge in [0.15, 0.2) is 5.78 Å². The zero-order valence-electron chi connectivity index (χ0n) is 17.1. The monoisotopic (exact) mass is 348 g/mol. The van der Waals surface area contributed by atoms with Gasteiger partial charge in [0.1, 0.15) is 0 Å². The van der Waals surface area contributed by atoms with Gasteiger partial charge >= 0.3 is 0 Å². The fraction of sp³-hybridized carbons (Fsp3) is 0.400. The van der Waals surface area contributed by atoms with Crippen LogP contribution in [0.25, 0.3) is 6.08 Å². The summed E-state index contributed by atoms with van der Waals surface area (Å²) in [7, 11) is 0. The van der Waals surface area contributed by atoms with Crippen molar-refractivity contribution in [1.29, 1.82) is 0 Å². The molecular weight excluding hydrogens is 316 g/mol. The predicted molar refractivity (Wildman–Crippen MR) is 113 cm³/mol. The molecule has 2 aromatic carbocycles. The highest BCUT2D eigenvalue weighted by atomic mass is 16.1. The van der Waals surface area contributed by atoms with Crippen LogP contribution in [0.5, 0.6) is 0 Å². The minimum absolute atomic E-state index is 0.153. The Balaban J connectivity index is 1.89. The Morgan fingerprint density at radius 3 is 1.69 bits per heavy atom. The fourth-order valence-electron chi connectivity index (χ4n) is 2.81. The van der Waals surface area contributed by atoms with Gasteiger partial charge in [-0.3, -0.25) is 4.79 Å². The number of hydrogen-bond acceptors (Lipinski definition) is 1. The van der Waals surface area contributed by atoms with Crippen molar-refractivity contribution < 1.29 is 4.79 Å². The van der Waals surface area contributed by atoms with E-state index >= 15 is 0 Å². The van der Waals surface area contributed by atoms with Gasteiger partial charge in [0.05, 0.1) is 0 Å². The van der Waals surface area contributed by atoms with Crippen LogP contribution < -0.4 is 0 Å². The molecule has 0 radical (unpaired) electrons. The fourth-order valence-corrected chi connectivity index (χ4v) is 2.81. The van der Waals surface area contributed by atoms with E-state index in [2.05, 4.69) is 90.1 Å². The number of carbonyl (C=O) groups excluding carboxylic acids is 1. The highest BCUT2D eigenvalue weighted by molar-refractivity contribution is 5.93. The molecular formula is C25H32O.